The van der Waals surface area contributed by atoms with Crippen molar-refractivity contribution in [3.63, 3.8) is 0 Å². The largest absolute Gasteiger partial charge is 0.347 e. The highest BCUT2D eigenvalue weighted by atomic mass is 32.1. The number of aryl methyl sites for hydroxylation is 2. The fourth-order valence-corrected chi connectivity index (χ4v) is 3.80. The minimum Gasteiger partial charge on any atom is -0.347 e. The second-order valence-corrected chi connectivity index (χ2v) is 7.74. The van der Waals surface area contributed by atoms with Crippen LogP contribution in [-0.2, 0) is 16.0 Å². The Kier molecular flexibility index (Phi) is 6.53. The molecule has 0 aliphatic heterocycles. The van der Waals surface area contributed by atoms with E-state index in [1.54, 1.807) is 11.3 Å². The molecule has 2 amide bonds. The average molecular weight is 424 g/mol. The van der Waals surface area contributed by atoms with Gasteiger partial charge >= 0.3 is 11.8 Å². The van der Waals surface area contributed by atoms with Crippen LogP contribution in [0.1, 0.15) is 16.1 Å². The molecule has 1 aromatic heterocycles. The Morgan fingerprint density at radius 3 is 2.53 bits per heavy atom. The number of aromatic nitrogens is 1. The Hall–Kier alpha value is -3.59. The summed E-state index contributed by atoms with van der Waals surface area (Å²) in [7, 11) is 0. The topological polar surface area (TPSA) is 114 Å². The summed E-state index contributed by atoms with van der Waals surface area (Å²) in [5.41, 5.74) is 3.13. The van der Waals surface area contributed by atoms with Crippen LogP contribution in [0.25, 0.3) is 10.6 Å². The molecule has 154 valence electrons. The molecule has 9 heteroatoms. The summed E-state index contributed by atoms with van der Waals surface area (Å²) in [5.74, 6) is -1.68. The molecule has 0 spiro atoms. The highest BCUT2D eigenvalue weighted by Gasteiger charge is 2.16. The number of nitro groups is 1. The maximum atomic E-state index is 12.0. The second kappa shape index (κ2) is 9.27. The quantitative estimate of drug-likeness (QED) is 0.356. The molecular formula is C21H20N4O4S. The molecular weight excluding hydrogens is 404 g/mol. The number of carbonyl (C=O) groups is 2. The maximum absolute atomic E-state index is 12.0. The number of carbonyl (C=O) groups excluding carboxylic acids is 2. The minimum atomic E-state index is -0.878. The van der Waals surface area contributed by atoms with Crippen molar-refractivity contribution in [2.45, 2.75) is 20.3 Å². The molecule has 0 bridgehead atoms. The summed E-state index contributed by atoms with van der Waals surface area (Å²) in [4.78, 5) is 39.9. The minimum absolute atomic E-state index is 0.168. The van der Waals surface area contributed by atoms with Crippen LogP contribution in [0, 0.1) is 24.0 Å². The van der Waals surface area contributed by atoms with Crippen molar-refractivity contribution in [3.8, 4) is 10.6 Å². The number of nitrogens with zero attached hydrogens (tertiary/aromatic N) is 2. The third kappa shape index (κ3) is 5.26. The molecule has 30 heavy (non-hydrogen) atoms. The van der Waals surface area contributed by atoms with Gasteiger partial charge in [0.1, 0.15) is 5.01 Å². The van der Waals surface area contributed by atoms with Crippen LogP contribution in [0.2, 0.25) is 0 Å². The van der Waals surface area contributed by atoms with E-state index in [4.69, 9.17) is 0 Å². The Morgan fingerprint density at radius 2 is 1.83 bits per heavy atom. The molecule has 3 aromatic rings. The highest BCUT2D eigenvalue weighted by Crippen LogP contribution is 2.28. The lowest BCUT2D eigenvalue weighted by Crippen LogP contribution is -2.36. The predicted octanol–water partition coefficient (Wildman–Crippen LogP) is 3.63. The van der Waals surface area contributed by atoms with Gasteiger partial charge in [0.2, 0.25) is 0 Å². The smallest absolute Gasteiger partial charge is 0.313 e. The lowest BCUT2D eigenvalue weighted by molar-refractivity contribution is -0.384. The normalized spacial score (nSPS) is 10.5. The Bertz CT molecular complexity index is 1090. The van der Waals surface area contributed by atoms with E-state index in [9.17, 15) is 19.7 Å². The van der Waals surface area contributed by atoms with E-state index >= 15 is 0 Å². The maximum Gasteiger partial charge on any atom is 0.313 e. The first-order valence-electron chi connectivity index (χ1n) is 9.20. The van der Waals surface area contributed by atoms with Gasteiger partial charge in [-0.1, -0.05) is 35.9 Å². The number of benzene rings is 2. The zero-order valence-corrected chi connectivity index (χ0v) is 17.3. The van der Waals surface area contributed by atoms with E-state index in [0.29, 0.717) is 6.42 Å². The highest BCUT2D eigenvalue weighted by molar-refractivity contribution is 7.15. The zero-order valence-electron chi connectivity index (χ0n) is 16.5. The van der Waals surface area contributed by atoms with Gasteiger partial charge in [-0.05, 0) is 19.9 Å². The van der Waals surface area contributed by atoms with Gasteiger partial charge < -0.3 is 10.6 Å². The van der Waals surface area contributed by atoms with Crippen LogP contribution < -0.4 is 10.6 Å². The summed E-state index contributed by atoms with van der Waals surface area (Å²) in [6.45, 7) is 4.22. The molecule has 0 aliphatic rings. The van der Waals surface area contributed by atoms with Crippen molar-refractivity contribution in [1.29, 1.82) is 0 Å². The first kappa shape index (κ1) is 21.1. The van der Waals surface area contributed by atoms with Gasteiger partial charge in [-0.15, -0.1) is 11.3 Å². The van der Waals surface area contributed by atoms with Crippen LogP contribution in [0.3, 0.4) is 0 Å². The third-order valence-electron chi connectivity index (χ3n) is 4.35. The number of nitrogens with one attached hydrogen (secondary N) is 2. The van der Waals surface area contributed by atoms with E-state index in [1.165, 1.54) is 29.8 Å². The monoisotopic (exact) mass is 424 g/mol. The molecule has 0 unspecified atom stereocenters. The Morgan fingerprint density at radius 1 is 1.10 bits per heavy atom. The van der Waals surface area contributed by atoms with E-state index in [0.717, 1.165) is 21.1 Å². The number of rotatable bonds is 6. The van der Waals surface area contributed by atoms with Crippen LogP contribution in [0.4, 0.5) is 11.4 Å². The van der Waals surface area contributed by atoms with Gasteiger partial charge in [-0.25, -0.2) is 4.98 Å². The van der Waals surface area contributed by atoms with Gasteiger partial charge in [0.25, 0.3) is 5.69 Å². The van der Waals surface area contributed by atoms with Gasteiger partial charge in [-0.3, -0.25) is 19.7 Å². The first-order chi connectivity index (χ1) is 14.3. The molecule has 0 fully saturated rings. The van der Waals surface area contributed by atoms with Crippen molar-refractivity contribution in [1.82, 2.24) is 10.3 Å². The SMILES string of the molecule is Cc1ccc(-c2nc(C)c(CCNC(=O)C(=O)Nc3cccc([N+](=O)[O-])c3)s2)cc1. The first-order valence-corrected chi connectivity index (χ1v) is 10.0. The van der Waals surface area contributed by atoms with Crippen molar-refractivity contribution >= 4 is 34.5 Å². The lowest BCUT2D eigenvalue weighted by Gasteiger charge is -2.06. The predicted molar refractivity (Wildman–Crippen MR) is 115 cm³/mol. The van der Waals surface area contributed by atoms with Crippen LogP contribution in [0.5, 0.6) is 0 Å². The van der Waals surface area contributed by atoms with Gasteiger partial charge in [-0.2, -0.15) is 0 Å². The van der Waals surface area contributed by atoms with E-state index in [1.807, 2.05) is 38.1 Å². The average Bonchev–Trinajstić information content (AvgIpc) is 3.09. The van der Waals surface area contributed by atoms with Crippen molar-refractivity contribution in [2.24, 2.45) is 0 Å². The Balaban J connectivity index is 1.54. The van der Waals surface area contributed by atoms with Crippen LogP contribution in [0.15, 0.2) is 48.5 Å². The lowest BCUT2D eigenvalue weighted by atomic mass is 10.2. The molecule has 3 rings (SSSR count). The molecule has 0 saturated carbocycles. The van der Waals surface area contributed by atoms with Crippen molar-refractivity contribution in [3.05, 3.63) is 74.8 Å². The fraction of sp³-hybridized carbons (Fsp3) is 0.190. The van der Waals surface area contributed by atoms with E-state index in [2.05, 4.69) is 15.6 Å². The number of thiazole rings is 1. The summed E-state index contributed by atoms with van der Waals surface area (Å²) in [6.07, 6.45) is 0.547. The molecule has 2 N–H and O–H groups in total. The van der Waals surface area contributed by atoms with Crippen LogP contribution in [-0.4, -0.2) is 28.3 Å². The summed E-state index contributed by atoms with van der Waals surface area (Å²) in [5, 5.41) is 16.6. The summed E-state index contributed by atoms with van der Waals surface area (Å²) < 4.78 is 0. The number of hydrogen-bond donors (Lipinski definition) is 2. The fourth-order valence-electron chi connectivity index (χ4n) is 2.73. The number of nitro benzene ring substituents is 1. The number of non-ortho nitro benzene ring substituents is 1. The van der Waals surface area contributed by atoms with Gasteiger partial charge in [0, 0.05) is 41.2 Å². The molecule has 8 nitrogen and oxygen atoms in total. The molecule has 0 aliphatic carbocycles. The van der Waals surface area contributed by atoms with E-state index < -0.39 is 16.7 Å². The van der Waals surface area contributed by atoms with Gasteiger partial charge in [0.05, 0.1) is 10.6 Å². The van der Waals surface area contributed by atoms with Crippen molar-refractivity contribution < 1.29 is 14.5 Å². The molecule has 0 radical (unpaired) electrons. The summed E-state index contributed by atoms with van der Waals surface area (Å²) >= 11 is 1.56. The van der Waals surface area contributed by atoms with Crippen molar-refractivity contribution in [2.75, 3.05) is 11.9 Å². The zero-order chi connectivity index (χ0) is 21.7. The number of amides is 2. The second-order valence-electron chi connectivity index (χ2n) is 6.66. The summed E-state index contributed by atoms with van der Waals surface area (Å²) in [6, 6.07) is 13.5. The standard InChI is InChI=1S/C21H20N4O4S/c1-13-6-8-15(9-7-13)21-23-14(2)18(30-21)10-11-22-19(26)20(27)24-16-4-3-5-17(12-16)25(28)29/h3-9,12H,10-11H2,1-2H3,(H,22,26)(H,24,27). The third-order valence-corrected chi connectivity index (χ3v) is 5.62. The number of hydrogen-bond acceptors (Lipinski definition) is 6. The molecule has 0 saturated heterocycles. The van der Waals surface area contributed by atoms with E-state index in [-0.39, 0.29) is 17.9 Å². The molecule has 2 aromatic carbocycles. The van der Waals surface area contributed by atoms with Gasteiger partial charge in [0.15, 0.2) is 0 Å². The molecule has 0 atom stereocenters. The Labute approximate surface area is 177 Å². The number of anilines is 1. The van der Waals surface area contributed by atoms with Crippen LogP contribution >= 0.6 is 11.3 Å². The molecule has 1 heterocycles.